The van der Waals surface area contributed by atoms with Crippen LogP contribution >= 0.6 is 11.3 Å². The largest absolute Gasteiger partial charge is 0.375 e. The van der Waals surface area contributed by atoms with E-state index >= 15 is 0 Å². The van der Waals surface area contributed by atoms with E-state index in [4.69, 9.17) is 5.73 Å². The Labute approximate surface area is 56.5 Å². The first kappa shape index (κ1) is 6.22. The summed E-state index contributed by atoms with van der Waals surface area (Å²) in [5.74, 6) is -0.289. The molecule has 0 saturated heterocycles. The number of rotatable bonds is 1. The Hall–Kier alpha value is -0.900. The molecule has 1 aromatic rings. The molecular formula is C5H5N2OS. The fourth-order valence-electron chi connectivity index (χ4n) is 0.416. The first-order valence-electron chi connectivity index (χ1n) is 2.27. The van der Waals surface area contributed by atoms with Crippen LogP contribution in [0.25, 0.3) is 0 Å². The normalized spacial score (nSPS) is 9.44. The van der Waals surface area contributed by atoms with Gasteiger partial charge in [-0.25, -0.2) is 4.98 Å². The lowest BCUT2D eigenvalue weighted by Crippen LogP contribution is -1.92. The van der Waals surface area contributed by atoms with Gasteiger partial charge in [-0.15, -0.1) is 11.3 Å². The minimum atomic E-state index is -0.289. The van der Waals surface area contributed by atoms with Crippen LogP contribution in [-0.2, 0) is 0 Å². The highest BCUT2D eigenvalue weighted by Gasteiger charge is 2.01. The third-order valence-electron chi connectivity index (χ3n) is 0.808. The summed E-state index contributed by atoms with van der Waals surface area (Å²) in [6, 6.07) is 0. The van der Waals surface area contributed by atoms with Gasteiger partial charge in [0, 0.05) is 12.3 Å². The molecule has 3 nitrogen and oxygen atoms in total. The van der Waals surface area contributed by atoms with Crippen LogP contribution in [0.2, 0.25) is 0 Å². The summed E-state index contributed by atoms with van der Waals surface area (Å²) in [4.78, 5) is 14.1. The highest BCUT2D eigenvalue weighted by Crippen LogP contribution is 2.10. The van der Waals surface area contributed by atoms with Crippen molar-refractivity contribution in [2.24, 2.45) is 0 Å². The molecule has 1 aromatic heterocycles. The summed E-state index contributed by atoms with van der Waals surface area (Å²) in [5, 5.41) is 1.99. The Morgan fingerprint density at radius 3 is 2.78 bits per heavy atom. The Bertz CT molecular complexity index is 231. The van der Waals surface area contributed by atoms with E-state index in [1.165, 1.54) is 11.3 Å². The van der Waals surface area contributed by atoms with Gasteiger partial charge in [0.2, 0.25) is 0 Å². The molecule has 47 valence electrons. The Morgan fingerprint density at radius 2 is 2.56 bits per heavy atom. The second kappa shape index (κ2) is 2.14. The maximum absolute atomic E-state index is 10.4. The van der Waals surface area contributed by atoms with Crippen LogP contribution in [0.15, 0.2) is 5.38 Å². The standard InChI is InChI=1S/C5H5N2OS/c1-3(8)4-2-9-5(6)7-4/h2H,1H2,(H2,6,7). The van der Waals surface area contributed by atoms with E-state index in [1.54, 1.807) is 5.38 Å². The lowest BCUT2D eigenvalue weighted by Gasteiger charge is -1.79. The zero-order valence-corrected chi connectivity index (χ0v) is 5.44. The minimum absolute atomic E-state index is 0.289. The van der Waals surface area contributed by atoms with Gasteiger partial charge in [-0.1, -0.05) is 0 Å². The van der Waals surface area contributed by atoms with E-state index < -0.39 is 0 Å². The third kappa shape index (κ3) is 1.26. The average molecular weight is 141 g/mol. The highest BCUT2D eigenvalue weighted by atomic mass is 32.1. The van der Waals surface area contributed by atoms with E-state index in [-0.39, 0.29) is 5.78 Å². The smallest absolute Gasteiger partial charge is 0.182 e. The van der Waals surface area contributed by atoms with Crippen LogP contribution in [0.3, 0.4) is 0 Å². The molecule has 0 amide bonds. The van der Waals surface area contributed by atoms with Crippen molar-refractivity contribution in [3.8, 4) is 0 Å². The molecule has 0 fully saturated rings. The molecule has 1 heterocycles. The fourth-order valence-corrected chi connectivity index (χ4v) is 0.983. The van der Waals surface area contributed by atoms with Crippen LogP contribution in [0.1, 0.15) is 10.5 Å². The van der Waals surface area contributed by atoms with Crippen LogP contribution in [0.4, 0.5) is 5.13 Å². The van der Waals surface area contributed by atoms with Crippen molar-refractivity contribution in [3.05, 3.63) is 18.0 Å². The van der Waals surface area contributed by atoms with E-state index in [0.29, 0.717) is 10.8 Å². The quantitative estimate of drug-likeness (QED) is 0.587. The van der Waals surface area contributed by atoms with Gasteiger partial charge in [0.15, 0.2) is 10.9 Å². The number of aromatic nitrogens is 1. The van der Waals surface area contributed by atoms with E-state index in [0.717, 1.165) is 0 Å². The van der Waals surface area contributed by atoms with E-state index in [2.05, 4.69) is 11.9 Å². The third-order valence-corrected chi connectivity index (χ3v) is 1.48. The summed E-state index contributed by atoms with van der Waals surface area (Å²) in [6.07, 6.45) is 0. The van der Waals surface area contributed by atoms with Crippen LogP contribution in [-0.4, -0.2) is 10.8 Å². The first-order valence-corrected chi connectivity index (χ1v) is 3.15. The van der Waals surface area contributed by atoms with Crippen molar-refractivity contribution < 1.29 is 4.79 Å². The Balaban J connectivity index is 2.98. The van der Waals surface area contributed by atoms with Crippen LogP contribution < -0.4 is 5.73 Å². The number of Topliss-reactive ketones (excluding diaryl/α,β-unsaturated/α-hetero) is 1. The van der Waals surface area contributed by atoms with Gasteiger partial charge in [0.25, 0.3) is 0 Å². The number of thiazole rings is 1. The molecule has 0 saturated carbocycles. The Morgan fingerprint density at radius 1 is 1.89 bits per heavy atom. The molecule has 0 unspecified atom stereocenters. The monoisotopic (exact) mass is 141 g/mol. The molecule has 0 aliphatic carbocycles. The number of nitrogen functional groups attached to an aromatic ring is 1. The van der Waals surface area contributed by atoms with Crippen molar-refractivity contribution in [1.82, 2.24) is 4.98 Å². The number of ketones is 1. The predicted octanol–water partition coefficient (Wildman–Crippen LogP) is 0.742. The molecule has 4 heteroatoms. The maximum atomic E-state index is 10.4. The highest BCUT2D eigenvalue weighted by molar-refractivity contribution is 7.13. The molecular weight excluding hydrogens is 136 g/mol. The van der Waals surface area contributed by atoms with Crippen LogP contribution in [0, 0.1) is 6.92 Å². The zero-order chi connectivity index (χ0) is 6.85. The second-order valence-corrected chi connectivity index (χ2v) is 2.38. The molecule has 0 aromatic carbocycles. The van der Waals surface area contributed by atoms with Gasteiger partial charge < -0.3 is 5.73 Å². The van der Waals surface area contributed by atoms with Crippen molar-refractivity contribution in [2.75, 3.05) is 5.73 Å². The molecule has 1 rings (SSSR count). The topological polar surface area (TPSA) is 56.0 Å². The first-order chi connectivity index (χ1) is 4.20. The van der Waals surface area contributed by atoms with Crippen molar-refractivity contribution in [1.29, 1.82) is 0 Å². The van der Waals surface area contributed by atoms with Crippen molar-refractivity contribution >= 4 is 22.3 Å². The van der Waals surface area contributed by atoms with E-state index in [1.807, 2.05) is 0 Å². The number of carbonyl (C=O) groups is 1. The molecule has 0 aliphatic rings. The number of anilines is 1. The lowest BCUT2D eigenvalue weighted by molar-refractivity contribution is 0.104. The molecule has 0 aliphatic heterocycles. The summed E-state index contributed by atoms with van der Waals surface area (Å²) in [7, 11) is 0. The average Bonchev–Trinajstić information content (AvgIpc) is 2.14. The van der Waals surface area contributed by atoms with Gasteiger partial charge >= 0.3 is 0 Å². The molecule has 2 N–H and O–H groups in total. The summed E-state index contributed by atoms with van der Waals surface area (Å²) in [6.45, 7) is 3.17. The SMILES string of the molecule is [CH2]C(=O)c1csc(N)n1. The number of hydrogen-bond donors (Lipinski definition) is 1. The van der Waals surface area contributed by atoms with Gasteiger partial charge in [-0.05, 0) is 0 Å². The summed E-state index contributed by atoms with van der Waals surface area (Å²) >= 11 is 1.24. The summed E-state index contributed by atoms with van der Waals surface area (Å²) < 4.78 is 0. The van der Waals surface area contributed by atoms with Gasteiger partial charge in [0.1, 0.15) is 5.69 Å². The van der Waals surface area contributed by atoms with Crippen molar-refractivity contribution in [3.63, 3.8) is 0 Å². The molecule has 0 spiro atoms. The predicted molar refractivity (Wildman–Crippen MR) is 36.2 cm³/mol. The van der Waals surface area contributed by atoms with Crippen molar-refractivity contribution in [2.45, 2.75) is 0 Å². The summed E-state index contributed by atoms with van der Waals surface area (Å²) in [5.41, 5.74) is 5.59. The fraction of sp³-hybridized carbons (Fsp3) is 0. The number of carbonyl (C=O) groups excluding carboxylic acids is 1. The van der Waals surface area contributed by atoms with Crippen LogP contribution in [0.5, 0.6) is 0 Å². The number of nitrogens with zero attached hydrogens (tertiary/aromatic N) is 1. The van der Waals surface area contributed by atoms with E-state index in [9.17, 15) is 4.79 Å². The van der Waals surface area contributed by atoms with Gasteiger partial charge in [0.05, 0.1) is 0 Å². The minimum Gasteiger partial charge on any atom is -0.375 e. The number of hydrogen-bond acceptors (Lipinski definition) is 4. The molecule has 0 bridgehead atoms. The second-order valence-electron chi connectivity index (χ2n) is 1.49. The lowest BCUT2D eigenvalue weighted by atomic mass is 10.4. The van der Waals surface area contributed by atoms with Gasteiger partial charge in [-0.3, -0.25) is 4.79 Å². The maximum Gasteiger partial charge on any atom is 0.182 e. The zero-order valence-electron chi connectivity index (χ0n) is 4.63. The molecule has 1 radical (unpaired) electrons. The molecule has 0 atom stereocenters. The van der Waals surface area contributed by atoms with Gasteiger partial charge in [-0.2, -0.15) is 0 Å². The Kier molecular flexibility index (Phi) is 1.48. The number of nitrogens with two attached hydrogens (primary N) is 1. The molecule has 9 heavy (non-hydrogen) atoms.